The highest BCUT2D eigenvalue weighted by atomic mass is 16.5. The quantitative estimate of drug-likeness (QED) is 0.946. The summed E-state index contributed by atoms with van der Waals surface area (Å²) < 4.78 is 6.77. The van der Waals surface area contributed by atoms with Gasteiger partial charge in [0.2, 0.25) is 0 Å². The molecule has 5 heteroatoms. The van der Waals surface area contributed by atoms with Gasteiger partial charge in [-0.3, -0.25) is 4.79 Å². The Kier molecular flexibility index (Phi) is 4.30. The van der Waals surface area contributed by atoms with Gasteiger partial charge in [0.15, 0.2) is 0 Å². The zero-order valence-corrected chi connectivity index (χ0v) is 13.7. The normalized spacial score (nSPS) is 14.5. The number of rotatable bonds is 3. The highest BCUT2D eigenvalue weighted by Gasteiger charge is 2.15. The molecular formula is C18H21N3O2. The molecule has 1 aliphatic rings. The van der Waals surface area contributed by atoms with Crippen molar-refractivity contribution < 1.29 is 4.74 Å². The largest absolute Gasteiger partial charge is 0.388 e. The molecule has 0 radical (unpaired) electrons. The molecule has 0 amide bonds. The summed E-state index contributed by atoms with van der Waals surface area (Å²) in [4.78, 5) is 12.5. The average molecular weight is 311 g/mol. The van der Waals surface area contributed by atoms with Crippen LogP contribution in [0.3, 0.4) is 0 Å². The van der Waals surface area contributed by atoms with Gasteiger partial charge in [0, 0.05) is 30.9 Å². The van der Waals surface area contributed by atoms with E-state index in [4.69, 9.17) is 4.74 Å². The molecule has 2 aromatic rings. The van der Waals surface area contributed by atoms with Crippen molar-refractivity contribution in [1.82, 2.24) is 9.78 Å². The van der Waals surface area contributed by atoms with Crippen LogP contribution in [-0.4, -0.2) is 30.0 Å². The first-order chi connectivity index (χ1) is 11.1. The van der Waals surface area contributed by atoms with E-state index in [2.05, 4.69) is 29.5 Å². The molecule has 1 aromatic heterocycles. The van der Waals surface area contributed by atoms with Crippen LogP contribution in [0.2, 0.25) is 0 Å². The van der Waals surface area contributed by atoms with Crippen LogP contribution in [0.15, 0.2) is 35.1 Å². The Bertz CT molecular complexity index is 822. The van der Waals surface area contributed by atoms with Crippen LogP contribution in [-0.2, 0) is 11.8 Å². The molecule has 2 heterocycles. The fraction of sp³-hybridized carbons (Fsp3) is 0.333. The van der Waals surface area contributed by atoms with E-state index in [1.165, 1.54) is 4.68 Å². The summed E-state index contributed by atoms with van der Waals surface area (Å²) in [5.41, 5.74) is 5.68. The molecule has 3 rings (SSSR count). The first-order valence-electron chi connectivity index (χ1n) is 7.74. The van der Waals surface area contributed by atoms with Gasteiger partial charge >= 0.3 is 0 Å². The van der Waals surface area contributed by atoms with Crippen molar-refractivity contribution in [3.63, 3.8) is 0 Å². The van der Waals surface area contributed by atoms with Crippen molar-refractivity contribution in [3.8, 4) is 11.3 Å². The topological polar surface area (TPSA) is 56.1 Å². The minimum absolute atomic E-state index is 0.0654. The van der Waals surface area contributed by atoms with Crippen LogP contribution >= 0.6 is 0 Å². The Labute approximate surface area is 135 Å². The Morgan fingerprint density at radius 1 is 1.26 bits per heavy atom. The summed E-state index contributed by atoms with van der Waals surface area (Å²) in [5.74, 6) is 0. The lowest BCUT2D eigenvalue weighted by molar-refractivity contribution is 0.161. The first-order valence-corrected chi connectivity index (χ1v) is 7.74. The van der Waals surface area contributed by atoms with E-state index in [0.717, 1.165) is 40.1 Å². The van der Waals surface area contributed by atoms with E-state index in [1.54, 1.807) is 7.05 Å². The predicted octanol–water partition coefficient (Wildman–Crippen LogP) is 2.60. The molecule has 0 fully saturated rings. The van der Waals surface area contributed by atoms with E-state index in [1.807, 2.05) is 25.3 Å². The van der Waals surface area contributed by atoms with Crippen molar-refractivity contribution >= 4 is 11.3 Å². The van der Waals surface area contributed by atoms with Gasteiger partial charge in [0.05, 0.1) is 18.9 Å². The van der Waals surface area contributed by atoms with Crippen LogP contribution in [0.1, 0.15) is 17.5 Å². The smallest absolute Gasteiger partial charge is 0.274 e. The van der Waals surface area contributed by atoms with E-state index in [9.17, 15) is 4.79 Å². The van der Waals surface area contributed by atoms with Gasteiger partial charge in [0.1, 0.15) is 0 Å². The van der Waals surface area contributed by atoms with E-state index in [0.29, 0.717) is 13.2 Å². The van der Waals surface area contributed by atoms with Crippen molar-refractivity contribution in [2.24, 2.45) is 7.05 Å². The maximum atomic E-state index is 12.5. The monoisotopic (exact) mass is 311 g/mol. The number of hydrogen-bond donors (Lipinski definition) is 1. The molecule has 0 aliphatic carbocycles. The SMILES string of the molecule is CNc1ccc(C)c(-c2cc(C3=CCOCC3)c(=O)n(C)n2)c1. The molecule has 120 valence electrons. The highest BCUT2D eigenvalue weighted by Crippen LogP contribution is 2.27. The van der Waals surface area contributed by atoms with Crippen molar-refractivity contribution in [2.45, 2.75) is 13.3 Å². The number of hydrogen-bond acceptors (Lipinski definition) is 4. The molecule has 1 aliphatic heterocycles. The average Bonchev–Trinajstić information content (AvgIpc) is 2.58. The van der Waals surface area contributed by atoms with Gasteiger partial charge in [0.25, 0.3) is 5.56 Å². The van der Waals surface area contributed by atoms with Crippen LogP contribution < -0.4 is 10.9 Å². The highest BCUT2D eigenvalue weighted by molar-refractivity contribution is 5.73. The second-order valence-electron chi connectivity index (χ2n) is 5.71. The molecule has 0 saturated carbocycles. The second-order valence-corrected chi connectivity index (χ2v) is 5.71. The maximum absolute atomic E-state index is 12.5. The van der Waals surface area contributed by atoms with Crippen LogP contribution in [0.5, 0.6) is 0 Å². The number of aromatic nitrogens is 2. The third-order valence-corrected chi connectivity index (χ3v) is 4.17. The Hall–Kier alpha value is -2.40. The molecule has 0 bridgehead atoms. The standard InChI is InChI=1S/C18H21N3O2/c1-12-4-5-14(19-2)10-15(12)17-11-16(18(22)21(3)20-17)13-6-8-23-9-7-13/h4-6,10-11,19H,7-9H2,1-3H3. The number of ether oxygens (including phenoxy) is 1. The molecule has 1 N–H and O–H groups in total. The van der Waals surface area contributed by atoms with Gasteiger partial charge in [-0.1, -0.05) is 12.1 Å². The van der Waals surface area contributed by atoms with E-state index in [-0.39, 0.29) is 5.56 Å². The summed E-state index contributed by atoms with van der Waals surface area (Å²) in [6.07, 6.45) is 2.75. The molecule has 0 atom stereocenters. The van der Waals surface area contributed by atoms with Gasteiger partial charge in [-0.2, -0.15) is 5.10 Å². The second kappa shape index (κ2) is 6.38. The zero-order valence-electron chi connectivity index (χ0n) is 13.7. The summed E-state index contributed by atoms with van der Waals surface area (Å²) >= 11 is 0. The lowest BCUT2D eigenvalue weighted by Crippen LogP contribution is -2.24. The number of nitrogens with one attached hydrogen (secondary N) is 1. The Morgan fingerprint density at radius 2 is 2.09 bits per heavy atom. The number of aryl methyl sites for hydroxylation is 2. The van der Waals surface area contributed by atoms with Gasteiger partial charge in [-0.25, -0.2) is 4.68 Å². The molecule has 1 aromatic carbocycles. The number of benzene rings is 1. The minimum atomic E-state index is -0.0654. The molecule has 0 unspecified atom stereocenters. The van der Waals surface area contributed by atoms with Crippen LogP contribution in [0.4, 0.5) is 5.69 Å². The van der Waals surface area contributed by atoms with Gasteiger partial charge < -0.3 is 10.1 Å². The number of nitrogens with zero attached hydrogens (tertiary/aromatic N) is 2. The lowest BCUT2D eigenvalue weighted by Gasteiger charge is -2.15. The van der Waals surface area contributed by atoms with Crippen molar-refractivity contribution in [1.29, 1.82) is 0 Å². The summed E-state index contributed by atoms with van der Waals surface area (Å²) in [6, 6.07) is 8.05. The Balaban J connectivity index is 2.16. The van der Waals surface area contributed by atoms with Gasteiger partial charge in [-0.05, 0) is 42.7 Å². The summed E-state index contributed by atoms with van der Waals surface area (Å²) in [5, 5.41) is 7.60. The van der Waals surface area contributed by atoms with E-state index >= 15 is 0 Å². The lowest BCUT2D eigenvalue weighted by atomic mass is 9.99. The van der Waals surface area contributed by atoms with Crippen molar-refractivity contribution in [2.75, 3.05) is 25.6 Å². The molecule has 5 nitrogen and oxygen atoms in total. The van der Waals surface area contributed by atoms with Crippen molar-refractivity contribution in [3.05, 3.63) is 51.8 Å². The Morgan fingerprint density at radius 3 is 2.78 bits per heavy atom. The predicted molar refractivity (Wildman–Crippen MR) is 92.6 cm³/mol. The fourth-order valence-electron chi connectivity index (χ4n) is 2.80. The first kappa shape index (κ1) is 15.5. The van der Waals surface area contributed by atoms with Gasteiger partial charge in [-0.15, -0.1) is 0 Å². The third-order valence-electron chi connectivity index (χ3n) is 4.17. The fourth-order valence-corrected chi connectivity index (χ4v) is 2.80. The maximum Gasteiger partial charge on any atom is 0.274 e. The summed E-state index contributed by atoms with van der Waals surface area (Å²) in [7, 11) is 3.59. The van der Waals surface area contributed by atoms with Crippen LogP contribution in [0, 0.1) is 6.92 Å². The molecular weight excluding hydrogens is 290 g/mol. The van der Waals surface area contributed by atoms with E-state index < -0.39 is 0 Å². The van der Waals surface area contributed by atoms with Crippen LogP contribution in [0.25, 0.3) is 16.8 Å². The molecule has 23 heavy (non-hydrogen) atoms. The molecule has 0 saturated heterocycles. The zero-order chi connectivity index (χ0) is 16.4. The minimum Gasteiger partial charge on any atom is -0.388 e. The third kappa shape index (κ3) is 3.05. The summed E-state index contributed by atoms with van der Waals surface area (Å²) in [6.45, 7) is 3.26. The molecule has 0 spiro atoms. The number of anilines is 1.